The van der Waals surface area contributed by atoms with Crippen LogP contribution < -0.4 is 5.32 Å². The van der Waals surface area contributed by atoms with Crippen molar-refractivity contribution in [1.82, 2.24) is 10.3 Å². The summed E-state index contributed by atoms with van der Waals surface area (Å²) in [5.74, 6) is 0.335. The van der Waals surface area contributed by atoms with Crippen molar-refractivity contribution in [3.8, 4) is 17.0 Å². The summed E-state index contributed by atoms with van der Waals surface area (Å²) in [4.78, 5) is 3.69. The average Bonchev–Trinajstić information content (AvgIpc) is 3.12. The van der Waals surface area contributed by atoms with Gasteiger partial charge >= 0.3 is 0 Å². The van der Waals surface area contributed by atoms with Gasteiger partial charge in [0.15, 0.2) is 0 Å². The Balaban J connectivity index is 1.41. The van der Waals surface area contributed by atoms with Crippen molar-refractivity contribution >= 4 is 10.9 Å². The molecule has 1 unspecified atom stereocenters. The number of hydrogen-bond donors (Lipinski definition) is 3. The van der Waals surface area contributed by atoms with Gasteiger partial charge in [0.1, 0.15) is 5.75 Å². The van der Waals surface area contributed by atoms with E-state index in [2.05, 4.69) is 73.5 Å². The Morgan fingerprint density at radius 2 is 1.62 bits per heavy atom. The lowest BCUT2D eigenvalue weighted by molar-refractivity contribution is 0.475. The summed E-state index contributed by atoms with van der Waals surface area (Å²) in [7, 11) is 0. The smallest absolute Gasteiger partial charge is 0.115 e. The fourth-order valence-electron chi connectivity index (χ4n) is 4.62. The monoisotopic (exact) mass is 426 g/mol. The molecule has 0 amide bonds. The highest BCUT2D eigenvalue weighted by atomic mass is 16.3. The van der Waals surface area contributed by atoms with Crippen molar-refractivity contribution < 1.29 is 5.11 Å². The normalized spacial score (nSPS) is 12.3. The molecule has 3 N–H and O–H groups in total. The van der Waals surface area contributed by atoms with Crippen molar-refractivity contribution in [3.63, 3.8) is 0 Å². The number of aromatic nitrogens is 1. The van der Waals surface area contributed by atoms with Gasteiger partial charge in [-0.05, 0) is 100 Å². The molecule has 1 atom stereocenters. The van der Waals surface area contributed by atoms with E-state index in [1.165, 1.54) is 44.4 Å². The highest BCUT2D eigenvalue weighted by Gasteiger charge is 2.16. The van der Waals surface area contributed by atoms with Crippen LogP contribution in [-0.4, -0.2) is 22.7 Å². The van der Waals surface area contributed by atoms with Crippen molar-refractivity contribution in [3.05, 3.63) is 89.0 Å². The molecule has 0 radical (unpaired) electrons. The zero-order valence-electron chi connectivity index (χ0n) is 19.4. The maximum absolute atomic E-state index is 9.41. The Morgan fingerprint density at radius 1 is 0.906 bits per heavy atom. The van der Waals surface area contributed by atoms with Gasteiger partial charge in [0.25, 0.3) is 0 Å². The minimum Gasteiger partial charge on any atom is -0.508 e. The number of unbranched alkanes of at least 4 members (excludes halogenated alkanes) is 1. The van der Waals surface area contributed by atoms with E-state index >= 15 is 0 Å². The van der Waals surface area contributed by atoms with E-state index in [1.54, 1.807) is 12.1 Å². The highest BCUT2D eigenvalue weighted by molar-refractivity contribution is 5.91. The number of aromatic hydroxyl groups is 1. The highest BCUT2D eigenvalue weighted by Crippen LogP contribution is 2.32. The second-order valence-corrected chi connectivity index (χ2v) is 9.08. The third-order valence-electron chi connectivity index (χ3n) is 6.16. The molecule has 0 fully saturated rings. The Morgan fingerprint density at radius 3 is 2.38 bits per heavy atom. The first-order valence-electron chi connectivity index (χ1n) is 11.7. The molecule has 1 heterocycles. The molecule has 0 aliphatic carbocycles. The Hall–Kier alpha value is -3.04. The number of hydrogen-bond acceptors (Lipinski definition) is 2. The summed E-state index contributed by atoms with van der Waals surface area (Å²) in [6.07, 6.45) is 4.33. The number of fused-ring (bicyclic) bond motifs is 1. The van der Waals surface area contributed by atoms with Crippen LogP contribution in [0.25, 0.3) is 22.2 Å². The molecule has 4 aromatic rings. The number of nitrogens with one attached hydrogen (secondary N) is 2. The van der Waals surface area contributed by atoms with Crippen molar-refractivity contribution in [2.24, 2.45) is 0 Å². The second-order valence-electron chi connectivity index (χ2n) is 9.08. The number of aromatic amines is 1. The molecule has 4 rings (SSSR count). The molecule has 0 bridgehead atoms. The minimum absolute atomic E-state index is 0.335. The van der Waals surface area contributed by atoms with E-state index in [0.717, 1.165) is 32.2 Å². The number of benzene rings is 3. The standard InChI is InChI=1S/C29H34N2O/c1-20-16-21(2)18-24(17-20)29-27(26-9-4-5-10-28(26)31-29)19-22(3)30-15-7-6-8-23-11-13-25(32)14-12-23/h4-5,9-14,16-18,22,30-32H,6-8,15,19H2,1-3H3. The maximum Gasteiger partial charge on any atom is 0.115 e. The summed E-state index contributed by atoms with van der Waals surface area (Å²) in [6, 6.07) is 23.4. The largest absolute Gasteiger partial charge is 0.508 e. The number of H-pyrrole nitrogens is 1. The van der Waals surface area contributed by atoms with Gasteiger partial charge in [0, 0.05) is 22.6 Å². The summed E-state index contributed by atoms with van der Waals surface area (Å²) in [5, 5.41) is 14.5. The first-order chi connectivity index (χ1) is 15.5. The molecule has 0 saturated heterocycles. The van der Waals surface area contributed by atoms with Crippen LogP contribution in [0.2, 0.25) is 0 Å². The van der Waals surface area contributed by atoms with Gasteiger partial charge in [0.2, 0.25) is 0 Å². The predicted molar refractivity (Wildman–Crippen MR) is 135 cm³/mol. The fourth-order valence-corrected chi connectivity index (χ4v) is 4.62. The predicted octanol–water partition coefficient (Wildman–Crippen LogP) is 6.70. The lowest BCUT2D eigenvalue weighted by Gasteiger charge is -2.15. The molecular weight excluding hydrogens is 392 g/mol. The Kier molecular flexibility index (Phi) is 6.96. The fraction of sp³-hybridized carbons (Fsp3) is 0.310. The van der Waals surface area contributed by atoms with Crippen molar-refractivity contribution in [2.75, 3.05) is 6.54 Å². The van der Waals surface area contributed by atoms with Crippen LogP contribution in [0.15, 0.2) is 66.7 Å². The quantitative estimate of drug-likeness (QED) is 0.261. The lowest BCUT2D eigenvalue weighted by Crippen LogP contribution is -2.29. The molecule has 0 aliphatic heterocycles. The van der Waals surface area contributed by atoms with Gasteiger partial charge in [-0.25, -0.2) is 0 Å². The van der Waals surface area contributed by atoms with E-state index in [9.17, 15) is 5.11 Å². The van der Waals surface area contributed by atoms with Gasteiger partial charge in [0.05, 0.1) is 0 Å². The SMILES string of the molecule is Cc1cc(C)cc(-c2[nH]c3ccccc3c2CC(C)NCCCCc2ccc(O)cc2)c1. The van der Waals surface area contributed by atoms with Crippen LogP contribution in [0.5, 0.6) is 5.75 Å². The van der Waals surface area contributed by atoms with Crippen LogP contribution in [0.4, 0.5) is 0 Å². The van der Waals surface area contributed by atoms with Crippen LogP contribution >= 0.6 is 0 Å². The number of rotatable bonds is 9. The van der Waals surface area contributed by atoms with E-state index in [4.69, 9.17) is 0 Å². The second kappa shape index (κ2) is 10.1. The van der Waals surface area contributed by atoms with Crippen LogP contribution in [-0.2, 0) is 12.8 Å². The third-order valence-corrected chi connectivity index (χ3v) is 6.16. The zero-order chi connectivity index (χ0) is 22.5. The summed E-state index contributed by atoms with van der Waals surface area (Å²) in [6.45, 7) is 7.63. The van der Waals surface area contributed by atoms with Gasteiger partial charge in [-0.3, -0.25) is 0 Å². The molecule has 3 aromatic carbocycles. The number of phenols is 1. The molecule has 3 heteroatoms. The number of aryl methyl sites for hydroxylation is 3. The maximum atomic E-state index is 9.41. The molecular formula is C29H34N2O. The van der Waals surface area contributed by atoms with Gasteiger partial charge < -0.3 is 15.4 Å². The van der Waals surface area contributed by atoms with Crippen molar-refractivity contribution in [1.29, 1.82) is 0 Å². The number of para-hydroxylation sites is 1. The Labute approximate surface area is 191 Å². The molecule has 0 spiro atoms. The van der Waals surface area contributed by atoms with Gasteiger partial charge in [-0.2, -0.15) is 0 Å². The van der Waals surface area contributed by atoms with Crippen molar-refractivity contribution in [2.45, 2.75) is 52.5 Å². The first kappa shape index (κ1) is 22.2. The summed E-state index contributed by atoms with van der Waals surface area (Å²) >= 11 is 0. The lowest BCUT2D eigenvalue weighted by atomic mass is 9.97. The Bertz CT molecular complexity index is 1150. The first-order valence-corrected chi connectivity index (χ1v) is 11.7. The van der Waals surface area contributed by atoms with E-state index in [1.807, 2.05) is 12.1 Å². The van der Waals surface area contributed by atoms with Crippen LogP contribution in [0, 0.1) is 13.8 Å². The zero-order valence-corrected chi connectivity index (χ0v) is 19.4. The number of phenolic OH excluding ortho intramolecular Hbond substituents is 1. The van der Waals surface area contributed by atoms with Crippen LogP contribution in [0.3, 0.4) is 0 Å². The molecule has 0 aliphatic rings. The third kappa shape index (κ3) is 5.41. The van der Waals surface area contributed by atoms with E-state index in [0.29, 0.717) is 11.8 Å². The minimum atomic E-state index is 0.335. The molecule has 1 aromatic heterocycles. The van der Waals surface area contributed by atoms with Gasteiger partial charge in [-0.15, -0.1) is 0 Å². The van der Waals surface area contributed by atoms with E-state index in [-0.39, 0.29) is 0 Å². The summed E-state index contributed by atoms with van der Waals surface area (Å²) in [5.41, 5.74) is 9.00. The molecule has 32 heavy (non-hydrogen) atoms. The molecule has 0 saturated carbocycles. The average molecular weight is 427 g/mol. The van der Waals surface area contributed by atoms with Gasteiger partial charge in [-0.1, -0.05) is 47.5 Å². The van der Waals surface area contributed by atoms with E-state index < -0.39 is 0 Å². The van der Waals surface area contributed by atoms with Crippen LogP contribution in [0.1, 0.15) is 42.0 Å². The molecule has 3 nitrogen and oxygen atoms in total. The summed E-state index contributed by atoms with van der Waals surface area (Å²) < 4.78 is 0. The molecule has 166 valence electrons. The topological polar surface area (TPSA) is 48.0 Å².